The van der Waals surface area contributed by atoms with Crippen LogP contribution in [0.2, 0.25) is 0 Å². The molecule has 0 saturated carbocycles. The molecule has 0 radical (unpaired) electrons. The Bertz CT molecular complexity index is 688. The van der Waals surface area contributed by atoms with Crippen LogP contribution in [0.5, 0.6) is 0 Å². The van der Waals surface area contributed by atoms with E-state index >= 15 is 0 Å². The van der Waals surface area contributed by atoms with Crippen LogP contribution in [-0.2, 0) is 0 Å². The van der Waals surface area contributed by atoms with Crippen molar-refractivity contribution in [2.45, 2.75) is 12.5 Å². The number of likely N-dealkylation sites (tertiary alicyclic amines) is 1. The van der Waals surface area contributed by atoms with Gasteiger partial charge in [-0.15, -0.1) is 0 Å². The third-order valence-electron chi connectivity index (χ3n) is 4.60. The number of aromatic amines is 1. The predicted molar refractivity (Wildman–Crippen MR) is 83.2 cm³/mol. The summed E-state index contributed by atoms with van der Waals surface area (Å²) in [6.07, 6.45) is 4.69. The van der Waals surface area contributed by atoms with E-state index in [1.807, 2.05) is 24.4 Å². The summed E-state index contributed by atoms with van der Waals surface area (Å²) >= 11 is 0. The first-order chi connectivity index (χ1) is 10.7. The summed E-state index contributed by atoms with van der Waals surface area (Å²) in [6, 6.07) is 6.30. The van der Waals surface area contributed by atoms with Crippen LogP contribution in [-0.4, -0.2) is 58.2 Å². The molecule has 2 aliphatic rings. The van der Waals surface area contributed by atoms with Crippen LogP contribution >= 0.6 is 0 Å². The van der Waals surface area contributed by atoms with E-state index < -0.39 is 5.97 Å². The molecule has 2 N–H and O–H groups in total. The smallest absolute Gasteiger partial charge is 0.356 e. The number of carbonyl (C=O) groups is 1. The minimum Gasteiger partial charge on any atom is -0.476 e. The number of carboxylic acid groups (broad SMARTS) is 1. The third kappa shape index (κ3) is 2.07. The number of aromatic carboxylic acids is 1. The number of aromatic nitrogens is 2. The van der Waals surface area contributed by atoms with Crippen LogP contribution in [0.4, 0.5) is 5.69 Å². The minimum atomic E-state index is -0.976. The summed E-state index contributed by atoms with van der Waals surface area (Å²) in [4.78, 5) is 23.4. The average molecular weight is 298 g/mol. The van der Waals surface area contributed by atoms with Crippen molar-refractivity contribution in [2.75, 3.05) is 31.1 Å². The average Bonchev–Trinajstić information content (AvgIpc) is 2.93. The van der Waals surface area contributed by atoms with Crippen molar-refractivity contribution in [2.24, 2.45) is 0 Å². The van der Waals surface area contributed by atoms with Gasteiger partial charge >= 0.3 is 5.97 Å². The lowest BCUT2D eigenvalue weighted by Gasteiger charge is -2.50. The summed E-state index contributed by atoms with van der Waals surface area (Å²) in [6.45, 7) is 4.08. The predicted octanol–water partition coefficient (Wildman–Crippen LogP) is 1.67. The fourth-order valence-electron chi connectivity index (χ4n) is 3.22. The van der Waals surface area contributed by atoms with Gasteiger partial charge in [0.05, 0.1) is 5.69 Å². The molecule has 0 aromatic carbocycles. The quantitative estimate of drug-likeness (QED) is 0.898. The van der Waals surface area contributed by atoms with E-state index in [1.54, 1.807) is 6.20 Å². The molecule has 0 spiro atoms. The van der Waals surface area contributed by atoms with Gasteiger partial charge in [0.2, 0.25) is 0 Å². The largest absolute Gasteiger partial charge is 0.476 e. The maximum atomic E-state index is 11.6. The van der Waals surface area contributed by atoms with Crippen LogP contribution in [0.3, 0.4) is 0 Å². The second-order valence-corrected chi connectivity index (χ2v) is 5.89. The molecule has 2 fully saturated rings. The number of nitrogens with zero attached hydrogens (tertiary/aromatic N) is 3. The monoisotopic (exact) mass is 298 g/mol. The highest BCUT2D eigenvalue weighted by atomic mass is 16.4. The molecular weight excluding hydrogens is 280 g/mol. The fourth-order valence-corrected chi connectivity index (χ4v) is 3.22. The first-order valence-electron chi connectivity index (χ1n) is 7.59. The van der Waals surface area contributed by atoms with Gasteiger partial charge in [-0.25, -0.2) is 9.78 Å². The molecule has 4 heterocycles. The molecule has 22 heavy (non-hydrogen) atoms. The Morgan fingerprint density at radius 1 is 1.32 bits per heavy atom. The molecule has 0 amide bonds. The molecule has 4 rings (SSSR count). The van der Waals surface area contributed by atoms with Crippen LogP contribution in [0.15, 0.2) is 30.6 Å². The number of carboxylic acids is 1. The lowest BCUT2D eigenvalue weighted by atomic mass is 9.99. The van der Waals surface area contributed by atoms with Crippen molar-refractivity contribution in [3.8, 4) is 11.3 Å². The third-order valence-corrected chi connectivity index (χ3v) is 4.60. The van der Waals surface area contributed by atoms with Crippen LogP contribution < -0.4 is 4.90 Å². The van der Waals surface area contributed by atoms with E-state index in [0.29, 0.717) is 6.04 Å². The van der Waals surface area contributed by atoms with Crippen molar-refractivity contribution < 1.29 is 9.90 Å². The molecule has 2 saturated heterocycles. The molecule has 0 bridgehead atoms. The molecule has 0 atom stereocenters. The van der Waals surface area contributed by atoms with Crippen molar-refractivity contribution in [1.29, 1.82) is 0 Å². The van der Waals surface area contributed by atoms with Crippen molar-refractivity contribution in [1.82, 2.24) is 14.9 Å². The Morgan fingerprint density at radius 3 is 2.73 bits per heavy atom. The molecule has 2 aliphatic heterocycles. The van der Waals surface area contributed by atoms with Gasteiger partial charge in [0.25, 0.3) is 0 Å². The van der Waals surface area contributed by atoms with Gasteiger partial charge in [-0.3, -0.25) is 4.90 Å². The van der Waals surface area contributed by atoms with E-state index in [9.17, 15) is 9.90 Å². The van der Waals surface area contributed by atoms with E-state index in [1.165, 1.54) is 19.5 Å². The van der Waals surface area contributed by atoms with Crippen molar-refractivity contribution in [3.63, 3.8) is 0 Å². The molecule has 6 nitrogen and oxygen atoms in total. The zero-order chi connectivity index (χ0) is 15.1. The number of H-pyrrole nitrogens is 1. The first-order valence-corrected chi connectivity index (χ1v) is 7.59. The van der Waals surface area contributed by atoms with E-state index in [2.05, 4.69) is 19.8 Å². The standard InChI is InChI=1S/C16H18N4O2/c21-16(22)14-15(20-9-11(10-20)19-7-2-8-19)12(4-6-18-14)13-3-1-5-17-13/h1,3-6,11,17H,2,7-10H2,(H,21,22). The van der Waals surface area contributed by atoms with E-state index in [0.717, 1.165) is 30.0 Å². The minimum absolute atomic E-state index is 0.133. The van der Waals surface area contributed by atoms with Gasteiger partial charge in [0.1, 0.15) is 0 Å². The highest BCUT2D eigenvalue weighted by Crippen LogP contribution is 2.36. The number of rotatable bonds is 4. The molecule has 6 heteroatoms. The van der Waals surface area contributed by atoms with Gasteiger partial charge in [0.15, 0.2) is 5.69 Å². The number of pyridine rings is 1. The summed E-state index contributed by atoms with van der Waals surface area (Å²) in [5.74, 6) is -0.976. The summed E-state index contributed by atoms with van der Waals surface area (Å²) in [5, 5.41) is 9.48. The SMILES string of the molecule is O=C(O)c1nccc(-c2ccc[nH]2)c1N1CC(N2CCC2)C1. The summed E-state index contributed by atoms with van der Waals surface area (Å²) < 4.78 is 0. The van der Waals surface area contributed by atoms with Crippen molar-refractivity contribution in [3.05, 3.63) is 36.3 Å². The highest BCUT2D eigenvalue weighted by molar-refractivity contribution is 5.97. The highest BCUT2D eigenvalue weighted by Gasteiger charge is 2.37. The normalized spacial score (nSPS) is 18.8. The van der Waals surface area contributed by atoms with E-state index in [-0.39, 0.29) is 5.69 Å². The lowest BCUT2D eigenvalue weighted by molar-refractivity contribution is 0.0688. The number of hydrogen-bond acceptors (Lipinski definition) is 4. The number of hydrogen-bond donors (Lipinski definition) is 2. The van der Waals surface area contributed by atoms with Crippen LogP contribution in [0, 0.1) is 0 Å². The van der Waals surface area contributed by atoms with E-state index in [4.69, 9.17) is 0 Å². The Morgan fingerprint density at radius 2 is 2.14 bits per heavy atom. The first kappa shape index (κ1) is 13.3. The maximum absolute atomic E-state index is 11.6. The Balaban J connectivity index is 1.68. The zero-order valence-corrected chi connectivity index (χ0v) is 12.2. The van der Waals surface area contributed by atoms with Gasteiger partial charge in [0, 0.05) is 42.8 Å². The zero-order valence-electron chi connectivity index (χ0n) is 12.2. The van der Waals surface area contributed by atoms with Crippen molar-refractivity contribution >= 4 is 11.7 Å². The number of nitrogens with one attached hydrogen (secondary N) is 1. The van der Waals surface area contributed by atoms with Gasteiger partial charge in [-0.2, -0.15) is 0 Å². The second-order valence-electron chi connectivity index (χ2n) is 5.89. The summed E-state index contributed by atoms with van der Waals surface area (Å²) in [5.41, 5.74) is 2.69. The van der Waals surface area contributed by atoms with Crippen LogP contribution in [0.25, 0.3) is 11.3 Å². The Kier molecular flexibility index (Phi) is 3.11. The molecule has 0 aliphatic carbocycles. The topological polar surface area (TPSA) is 72.5 Å². The van der Waals surface area contributed by atoms with Gasteiger partial charge < -0.3 is 15.0 Å². The molecule has 2 aromatic rings. The second kappa shape index (κ2) is 5.14. The van der Waals surface area contributed by atoms with Gasteiger partial charge in [-0.1, -0.05) is 0 Å². The molecular formula is C16H18N4O2. The molecule has 0 unspecified atom stereocenters. The maximum Gasteiger partial charge on any atom is 0.356 e. The van der Waals surface area contributed by atoms with Crippen LogP contribution in [0.1, 0.15) is 16.9 Å². The Hall–Kier alpha value is -2.34. The fraction of sp³-hybridized carbons (Fsp3) is 0.375. The molecule has 114 valence electrons. The summed E-state index contributed by atoms with van der Waals surface area (Å²) in [7, 11) is 0. The number of anilines is 1. The lowest BCUT2D eigenvalue weighted by Crippen LogP contribution is -2.63. The molecule has 2 aromatic heterocycles. The van der Waals surface area contributed by atoms with Gasteiger partial charge in [-0.05, 0) is 37.7 Å². The Labute approximate surface area is 128 Å².